The Morgan fingerprint density at radius 1 is 1.17 bits per heavy atom. The van der Waals surface area contributed by atoms with E-state index in [4.69, 9.17) is 0 Å². The van der Waals surface area contributed by atoms with E-state index in [1.165, 1.54) is 4.90 Å². The van der Waals surface area contributed by atoms with Gasteiger partial charge in [-0.2, -0.15) is 18.3 Å². The standard InChI is InChI=1S/C19H17F5N4O/c20-13-2-1-11(15(16(13)21)19(22,23)24)10-4-7-28(8-5-10)18(29)17-12-9-25-6-3-14(12)26-27-17/h1-2,9-10H,3-8H2,(H,26,27). The van der Waals surface area contributed by atoms with E-state index in [1.807, 2.05) is 0 Å². The molecular formula is C19H17F5N4O. The molecule has 10 heteroatoms. The lowest BCUT2D eigenvalue weighted by molar-refractivity contribution is -0.141. The molecule has 1 aromatic carbocycles. The normalized spacial score (nSPS) is 17.5. The highest BCUT2D eigenvalue weighted by Gasteiger charge is 2.40. The molecule has 0 saturated carbocycles. The van der Waals surface area contributed by atoms with Crippen molar-refractivity contribution in [2.75, 3.05) is 19.6 Å². The van der Waals surface area contributed by atoms with Gasteiger partial charge in [0.2, 0.25) is 0 Å². The fourth-order valence-electron chi connectivity index (χ4n) is 3.95. The molecule has 0 bridgehead atoms. The fraction of sp³-hybridized carbons (Fsp3) is 0.421. The lowest BCUT2D eigenvalue weighted by Crippen LogP contribution is -2.39. The molecule has 1 fully saturated rings. The Bertz CT molecular complexity index is 974. The number of H-pyrrole nitrogens is 1. The molecule has 29 heavy (non-hydrogen) atoms. The summed E-state index contributed by atoms with van der Waals surface area (Å²) in [6.45, 7) is 1.00. The highest BCUT2D eigenvalue weighted by molar-refractivity contribution is 6.01. The Labute approximate surface area is 162 Å². The molecule has 1 aromatic heterocycles. The number of hydrogen-bond acceptors (Lipinski definition) is 3. The number of hydrogen-bond donors (Lipinski definition) is 1. The predicted octanol–water partition coefficient (Wildman–Crippen LogP) is 3.70. The minimum Gasteiger partial charge on any atom is -0.337 e. The monoisotopic (exact) mass is 412 g/mol. The number of carbonyl (C=O) groups is 1. The second-order valence-corrected chi connectivity index (χ2v) is 7.14. The topological polar surface area (TPSA) is 61.4 Å². The van der Waals surface area contributed by atoms with Gasteiger partial charge >= 0.3 is 6.18 Å². The Balaban J connectivity index is 1.52. The molecule has 0 unspecified atom stereocenters. The molecule has 1 saturated heterocycles. The first kappa shape index (κ1) is 19.5. The van der Waals surface area contributed by atoms with Crippen LogP contribution in [-0.2, 0) is 12.6 Å². The second-order valence-electron chi connectivity index (χ2n) is 7.14. The first-order chi connectivity index (χ1) is 13.8. The number of fused-ring (bicyclic) bond motifs is 1. The number of halogens is 5. The van der Waals surface area contributed by atoms with E-state index in [0.717, 1.165) is 11.8 Å². The summed E-state index contributed by atoms with van der Waals surface area (Å²) in [5.74, 6) is -4.36. The van der Waals surface area contributed by atoms with Gasteiger partial charge in [0.15, 0.2) is 17.3 Å². The smallest absolute Gasteiger partial charge is 0.337 e. The molecule has 2 aliphatic rings. The van der Waals surface area contributed by atoms with Crippen LogP contribution < -0.4 is 0 Å². The number of likely N-dealkylation sites (tertiary alicyclic amines) is 1. The maximum atomic E-state index is 13.9. The first-order valence-electron chi connectivity index (χ1n) is 9.18. The quantitative estimate of drug-likeness (QED) is 0.765. The average Bonchev–Trinajstić information content (AvgIpc) is 3.13. The van der Waals surface area contributed by atoms with Gasteiger partial charge in [-0.3, -0.25) is 14.9 Å². The lowest BCUT2D eigenvalue weighted by atomic mass is 9.85. The van der Waals surface area contributed by atoms with Gasteiger partial charge in [0.05, 0.1) is 5.56 Å². The third-order valence-corrected chi connectivity index (χ3v) is 5.43. The number of carbonyl (C=O) groups excluding carboxylic acids is 1. The number of aromatic amines is 1. The molecule has 2 aromatic rings. The predicted molar refractivity (Wildman–Crippen MR) is 94.0 cm³/mol. The third-order valence-electron chi connectivity index (χ3n) is 5.43. The highest BCUT2D eigenvalue weighted by atomic mass is 19.4. The Morgan fingerprint density at radius 3 is 2.59 bits per heavy atom. The van der Waals surface area contributed by atoms with Crippen molar-refractivity contribution in [1.82, 2.24) is 15.1 Å². The summed E-state index contributed by atoms with van der Waals surface area (Å²) < 4.78 is 67.2. The second kappa shape index (κ2) is 7.23. The molecule has 1 amide bonds. The van der Waals surface area contributed by atoms with Gasteiger partial charge in [0.25, 0.3) is 5.91 Å². The van der Waals surface area contributed by atoms with Crippen LogP contribution in [0.1, 0.15) is 51.6 Å². The zero-order chi connectivity index (χ0) is 20.8. The number of aliphatic imine (C=N–C) groups is 1. The minimum atomic E-state index is -5.00. The van der Waals surface area contributed by atoms with Gasteiger partial charge in [0.1, 0.15) is 0 Å². The molecule has 154 valence electrons. The van der Waals surface area contributed by atoms with E-state index < -0.39 is 29.3 Å². The molecule has 1 N–H and O–H groups in total. The van der Waals surface area contributed by atoms with Crippen molar-refractivity contribution in [1.29, 1.82) is 0 Å². The Kier molecular flexibility index (Phi) is 4.87. The van der Waals surface area contributed by atoms with Gasteiger partial charge in [-0.05, 0) is 30.4 Å². The Hall–Kier alpha value is -2.78. The molecule has 2 aliphatic heterocycles. The van der Waals surface area contributed by atoms with Crippen molar-refractivity contribution in [3.8, 4) is 0 Å². The number of aromatic nitrogens is 2. The number of nitrogens with one attached hydrogen (secondary N) is 1. The summed E-state index contributed by atoms with van der Waals surface area (Å²) in [5.41, 5.74) is -0.114. The van der Waals surface area contributed by atoms with E-state index in [1.54, 1.807) is 6.21 Å². The average molecular weight is 412 g/mol. The zero-order valence-electron chi connectivity index (χ0n) is 15.2. The van der Waals surface area contributed by atoms with Gasteiger partial charge in [-0.1, -0.05) is 6.07 Å². The van der Waals surface area contributed by atoms with Gasteiger partial charge in [-0.25, -0.2) is 8.78 Å². The lowest BCUT2D eigenvalue weighted by Gasteiger charge is -2.33. The van der Waals surface area contributed by atoms with Crippen LogP contribution >= 0.6 is 0 Å². The summed E-state index contributed by atoms with van der Waals surface area (Å²) in [6.07, 6.45) is -2.33. The number of alkyl halides is 3. The van der Waals surface area contributed by atoms with Crippen LogP contribution in [0.5, 0.6) is 0 Å². The molecule has 3 heterocycles. The maximum Gasteiger partial charge on any atom is 0.419 e. The van der Waals surface area contributed by atoms with Gasteiger partial charge < -0.3 is 4.90 Å². The molecular weight excluding hydrogens is 395 g/mol. The van der Waals surface area contributed by atoms with Crippen LogP contribution in [0.15, 0.2) is 17.1 Å². The van der Waals surface area contributed by atoms with Crippen LogP contribution in [0.3, 0.4) is 0 Å². The SMILES string of the molecule is O=C(c1n[nH]c2c1C=NCC2)N1CCC(c2ccc(F)c(F)c2C(F)(F)F)CC1. The molecule has 4 rings (SSSR count). The molecule has 0 spiro atoms. The van der Waals surface area contributed by atoms with Crippen molar-refractivity contribution >= 4 is 12.1 Å². The number of amides is 1. The zero-order valence-corrected chi connectivity index (χ0v) is 15.2. The summed E-state index contributed by atoms with van der Waals surface area (Å²) in [4.78, 5) is 18.5. The summed E-state index contributed by atoms with van der Waals surface area (Å²) in [7, 11) is 0. The van der Waals surface area contributed by atoms with Crippen LogP contribution in [0.4, 0.5) is 22.0 Å². The summed E-state index contributed by atoms with van der Waals surface area (Å²) in [6, 6.07) is 1.71. The summed E-state index contributed by atoms with van der Waals surface area (Å²) in [5, 5.41) is 6.90. The first-order valence-corrected chi connectivity index (χ1v) is 9.18. The van der Waals surface area contributed by atoms with Crippen molar-refractivity contribution in [3.63, 3.8) is 0 Å². The van der Waals surface area contributed by atoms with Crippen LogP contribution in [0.25, 0.3) is 0 Å². The van der Waals surface area contributed by atoms with Gasteiger partial charge in [-0.15, -0.1) is 0 Å². The molecule has 5 nitrogen and oxygen atoms in total. The molecule has 0 atom stereocenters. The largest absolute Gasteiger partial charge is 0.419 e. The van der Waals surface area contributed by atoms with E-state index in [-0.39, 0.29) is 43.1 Å². The van der Waals surface area contributed by atoms with Crippen LogP contribution in [0, 0.1) is 11.6 Å². The highest BCUT2D eigenvalue weighted by Crippen LogP contribution is 2.41. The molecule has 0 radical (unpaired) electrons. The van der Waals surface area contributed by atoms with E-state index in [9.17, 15) is 26.7 Å². The number of benzene rings is 1. The summed E-state index contributed by atoms with van der Waals surface area (Å²) >= 11 is 0. The van der Waals surface area contributed by atoms with Crippen molar-refractivity contribution in [2.24, 2.45) is 4.99 Å². The number of nitrogens with zero attached hydrogens (tertiary/aromatic N) is 3. The van der Waals surface area contributed by atoms with Crippen molar-refractivity contribution in [2.45, 2.75) is 31.4 Å². The Morgan fingerprint density at radius 2 is 1.90 bits per heavy atom. The van der Waals surface area contributed by atoms with Crippen LogP contribution in [-0.4, -0.2) is 46.9 Å². The van der Waals surface area contributed by atoms with E-state index >= 15 is 0 Å². The molecule has 0 aliphatic carbocycles. The number of rotatable bonds is 2. The van der Waals surface area contributed by atoms with Gasteiger partial charge in [0, 0.05) is 43.5 Å². The van der Waals surface area contributed by atoms with Crippen molar-refractivity contribution in [3.05, 3.63) is 51.8 Å². The van der Waals surface area contributed by atoms with E-state index in [2.05, 4.69) is 15.2 Å². The van der Waals surface area contributed by atoms with Crippen molar-refractivity contribution < 1.29 is 26.7 Å². The minimum absolute atomic E-state index is 0.193. The van der Waals surface area contributed by atoms with Crippen LogP contribution in [0.2, 0.25) is 0 Å². The number of piperidine rings is 1. The third kappa shape index (κ3) is 3.51. The fourth-order valence-corrected chi connectivity index (χ4v) is 3.95. The van der Waals surface area contributed by atoms with E-state index in [0.29, 0.717) is 24.6 Å². The maximum absolute atomic E-state index is 13.9.